The summed E-state index contributed by atoms with van der Waals surface area (Å²) in [6.07, 6.45) is -0.471. The fourth-order valence-electron chi connectivity index (χ4n) is 4.95. The van der Waals surface area contributed by atoms with Crippen molar-refractivity contribution in [2.24, 2.45) is 0 Å². The fourth-order valence-corrected chi connectivity index (χ4v) is 4.95. The van der Waals surface area contributed by atoms with Crippen molar-refractivity contribution < 1.29 is 46.8 Å². The van der Waals surface area contributed by atoms with E-state index in [9.17, 15) is 28.0 Å². The van der Waals surface area contributed by atoms with Gasteiger partial charge in [0.1, 0.15) is 23.8 Å². The number of carbonyl (C=O) groups is 3. The van der Waals surface area contributed by atoms with Crippen LogP contribution in [0.5, 0.6) is 5.75 Å². The number of pyridine rings is 1. The van der Waals surface area contributed by atoms with Crippen LogP contribution in [-0.2, 0) is 32.0 Å². The maximum atomic E-state index is 14.1. The molecule has 4 heterocycles. The van der Waals surface area contributed by atoms with Crippen LogP contribution in [0.25, 0.3) is 0 Å². The van der Waals surface area contributed by atoms with Crippen molar-refractivity contribution in [2.45, 2.75) is 32.3 Å². The number of hydrogen-bond donors (Lipinski definition) is 1. The number of nitrogens with zero attached hydrogens (tertiary/aromatic N) is 3. The lowest BCUT2D eigenvalue weighted by Gasteiger charge is -2.34. The van der Waals surface area contributed by atoms with Crippen LogP contribution in [0.4, 0.5) is 13.6 Å². The Hall–Kier alpha value is -4.08. The Morgan fingerprint density at radius 1 is 1.14 bits per heavy atom. The van der Waals surface area contributed by atoms with E-state index in [0.717, 1.165) is 19.2 Å². The Morgan fingerprint density at radius 3 is 2.69 bits per heavy atom. The Balaban J connectivity index is 1.31. The van der Waals surface area contributed by atoms with Crippen LogP contribution in [0, 0.1) is 11.6 Å². The summed E-state index contributed by atoms with van der Waals surface area (Å²) in [6.45, 7) is 4.24. The minimum absolute atomic E-state index is 0.000944. The molecular formula is C27H30F2N4O9. The Morgan fingerprint density at radius 2 is 1.93 bits per heavy atom. The van der Waals surface area contributed by atoms with Gasteiger partial charge < -0.3 is 38.5 Å². The third-order valence-corrected chi connectivity index (χ3v) is 7.15. The largest absolute Gasteiger partial charge is 0.511 e. The molecule has 1 aromatic carbocycles. The lowest BCUT2D eigenvalue weighted by molar-refractivity contribution is -0.00952. The third kappa shape index (κ3) is 6.37. The van der Waals surface area contributed by atoms with Crippen molar-refractivity contribution >= 4 is 18.0 Å². The van der Waals surface area contributed by atoms with E-state index in [-0.39, 0.29) is 43.6 Å². The predicted octanol–water partition coefficient (Wildman–Crippen LogP) is 1.08. The van der Waals surface area contributed by atoms with Gasteiger partial charge in [0.25, 0.3) is 11.8 Å². The number of rotatable bonds is 9. The molecular weight excluding hydrogens is 562 g/mol. The zero-order valence-corrected chi connectivity index (χ0v) is 22.8. The highest BCUT2D eigenvalue weighted by Gasteiger charge is 2.43. The normalized spacial score (nSPS) is 20.1. The molecule has 1 aromatic heterocycles. The lowest BCUT2D eigenvalue weighted by Crippen LogP contribution is -2.49. The molecule has 1 N–H and O–H groups in total. The van der Waals surface area contributed by atoms with Gasteiger partial charge >= 0.3 is 6.16 Å². The highest BCUT2D eigenvalue weighted by Crippen LogP contribution is 2.30. The molecule has 0 bridgehead atoms. The highest BCUT2D eigenvalue weighted by atomic mass is 19.1. The molecule has 13 nitrogen and oxygen atoms in total. The standard InChI is InChI=1S/C27H30F2N4O9/c1-16-14-40-21-13-32-12-19(25(35)30-11-17-2-3-18(28)10-20(17)29)23(34)24(22(32)26(36)33(16)21)41-15-42-27(37)39-9-6-31-4-7-38-8-5-31/h2-3,10,12,16,21H,4-9,11,13-15H2,1H3,(H,30,35). The smallest absolute Gasteiger partial charge is 0.451 e. The summed E-state index contributed by atoms with van der Waals surface area (Å²) in [6, 6.07) is 2.61. The zero-order valence-electron chi connectivity index (χ0n) is 22.8. The van der Waals surface area contributed by atoms with Crippen LogP contribution in [0.15, 0.2) is 29.2 Å². The van der Waals surface area contributed by atoms with E-state index in [2.05, 4.69) is 10.2 Å². The number of nitrogens with one attached hydrogen (secondary N) is 1. The predicted molar refractivity (Wildman–Crippen MR) is 139 cm³/mol. The molecule has 2 amide bonds. The average Bonchev–Trinajstić information content (AvgIpc) is 3.34. The third-order valence-electron chi connectivity index (χ3n) is 7.15. The van der Waals surface area contributed by atoms with E-state index >= 15 is 0 Å². The molecule has 0 saturated carbocycles. The molecule has 0 spiro atoms. The number of morpholine rings is 1. The van der Waals surface area contributed by atoms with E-state index in [1.165, 1.54) is 21.7 Å². The van der Waals surface area contributed by atoms with Gasteiger partial charge in [-0.3, -0.25) is 19.3 Å². The molecule has 2 saturated heterocycles. The molecule has 42 heavy (non-hydrogen) atoms. The van der Waals surface area contributed by atoms with Gasteiger partial charge in [-0.25, -0.2) is 13.6 Å². The second-order valence-corrected chi connectivity index (χ2v) is 9.93. The first-order valence-corrected chi connectivity index (χ1v) is 13.4. The lowest BCUT2D eigenvalue weighted by atomic mass is 10.1. The maximum Gasteiger partial charge on any atom is 0.511 e. The first kappa shape index (κ1) is 29.4. The maximum absolute atomic E-state index is 14.1. The van der Waals surface area contributed by atoms with Crippen molar-refractivity contribution in [3.8, 4) is 5.75 Å². The number of halogens is 2. The fraction of sp³-hybridized carbons (Fsp3) is 0.481. The number of carbonyl (C=O) groups excluding carboxylic acids is 3. The summed E-state index contributed by atoms with van der Waals surface area (Å²) in [7, 11) is 0. The summed E-state index contributed by atoms with van der Waals surface area (Å²) >= 11 is 0. The first-order chi connectivity index (χ1) is 20.2. The van der Waals surface area contributed by atoms with Crippen molar-refractivity contribution in [3.63, 3.8) is 0 Å². The van der Waals surface area contributed by atoms with Gasteiger partial charge in [0.05, 0.1) is 32.4 Å². The van der Waals surface area contributed by atoms with Gasteiger partial charge in [0.15, 0.2) is 11.9 Å². The molecule has 2 fully saturated rings. The zero-order chi connectivity index (χ0) is 29.8. The summed E-state index contributed by atoms with van der Waals surface area (Å²) in [5, 5.41) is 2.43. The summed E-state index contributed by atoms with van der Waals surface area (Å²) in [5.74, 6) is -3.59. The molecule has 3 aliphatic heterocycles. The minimum atomic E-state index is -1.04. The van der Waals surface area contributed by atoms with Crippen LogP contribution >= 0.6 is 0 Å². The van der Waals surface area contributed by atoms with E-state index in [1.54, 1.807) is 6.92 Å². The average molecular weight is 593 g/mol. The summed E-state index contributed by atoms with van der Waals surface area (Å²) < 4.78 is 55.1. The van der Waals surface area contributed by atoms with Crippen molar-refractivity contribution in [1.29, 1.82) is 0 Å². The van der Waals surface area contributed by atoms with Crippen LogP contribution in [0.1, 0.15) is 33.3 Å². The van der Waals surface area contributed by atoms with Gasteiger partial charge in [-0.05, 0) is 13.0 Å². The van der Waals surface area contributed by atoms with Crippen LogP contribution < -0.4 is 15.5 Å². The monoisotopic (exact) mass is 592 g/mol. The minimum Gasteiger partial charge on any atom is -0.451 e. The van der Waals surface area contributed by atoms with E-state index in [0.29, 0.717) is 25.8 Å². The number of hydrogen-bond acceptors (Lipinski definition) is 10. The van der Waals surface area contributed by atoms with Crippen molar-refractivity contribution in [2.75, 3.05) is 52.9 Å². The van der Waals surface area contributed by atoms with E-state index in [1.807, 2.05) is 0 Å². The number of aromatic nitrogens is 1. The van der Waals surface area contributed by atoms with Crippen LogP contribution in [-0.4, -0.2) is 97.5 Å². The van der Waals surface area contributed by atoms with Gasteiger partial charge in [-0.1, -0.05) is 6.07 Å². The summed E-state index contributed by atoms with van der Waals surface area (Å²) in [4.78, 5) is 55.5. The molecule has 2 unspecified atom stereocenters. The molecule has 2 aromatic rings. The summed E-state index contributed by atoms with van der Waals surface area (Å²) in [5.41, 5.74) is -1.49. The molecule has 15 heteroatoms. The number of fused-ring (bicyclic) bond motifs is 2. The van der Waals surface area contributed by atoms with Gasteiger partial charge in [0, 0.05) is 44.0 Å². The van der Waals surface area contributed by atoms with Crippen LogP contribution in [0.3, 0.4) is 0 Å². The number of ether oxygens (including phenoxy) is 5. The Kier molecular flexibility index (Phi) is 8.99. The second kappa shape index (κ2) is 12.8. The molecule has 226 valence electrons. The highest BCUT2D eigenvalue weighted by molar-refractivity contribution is 5.99. The second-order valence-electron chi connectivity index (χ2n) is 9.93. The quantitative estimate of drug-likeness (QED) is 0.333. The molecule has 5 rings (SSSR count). The topological polar surface area (TPSA) is 138 Å². The number of amides is 2. The van der Waals surface area contributed by atoms with Gasteiger partial charge in [0.2, 0.25) is 18.0 Å². The Bertz CT molecular complexity index is 1410. The molecule has 2 atom stereocenters. The van der Waals surface area contributed by atoms with E-state index in [4.69, 9.17) is 23.7 Å². The molecule has 0 radical (unpaired) electrons. The van der Waals surface area contributed by atoms with Gasteiger partial charge in [-0.15, -0.1) is 0 Å². The molecule has 0 aliphatic carbocycles. The SMILES string of the molecule is CC1COC2Cn3cc(C(=O)NCc4ccc(F)cc4F)c(=O)c(OCOC(=O)OCCN4CCOCC4)c3C(=O)N12. The van der Waals surface area contributed by atoms with E-state index < -0.39 is 59.4 Å². The van der Waals surface area contributed by atoms with Gasteiger partial charge in [-0.2, -0.15) is 0 Å². The first-order valence-electron chi connectivity index (χ1n) is 13.4. The molecule has 3 aliphatic rings. The number of benzene rings is 1. The van der Waals surface area contributed by atoms with Crippen molar-refractivity contribution in [3.05, 3.63) is 63.1 Å². The van der Waals surface area contributed by atoms with Crippen LogP contribution in [0.2, 0.25) is 0 Å². The van der Waals surface area contributed by atoms with Crippen molar-refractivity contribution in [1.82, 2.24) is 19.7 Å². The Labute approximate surface area is 238 Å².